The maximum atomic E-state index is 5.41. The molecule has 0 atom stereocenters. The fraction of sp³-hybridized carbons (Fsp3) is 0.182. The normalized spacial score (nSPS) is 10.8. The summed E-state index contributed by atoms with van der Waals surface area (Å²) in [6.45, 7) is 0.751. The first-order valence-electron chi connectivity index (χ1n) is 9.12. The Kier molecular flexibility index (Phi) is 5.10. The van der Waals surface area contributed by atoms with Gasteiger partial charge in [-0.2, -0.15) is 0 Å². The van der Waals surface area contributed by atoms with Gasteiger partial charge < -0.3 is 19.8 Å². The van der Waals surface area contributed by atoms with Crippen LogP contribution in [-0.4, -0.2) is 35.7 Å². The third kappa shape index (κ3) is 3.49. The first-order chi connectivity index (χ1) is 13.8. The van der Waals surface area contributed by atoms with Gasteiger partial charge in [0.15, 0.2) is 17.3 Å². The average molecular weight is 374 g/mol. The van der Waals surface area contributed by atoms with E-state index in [2.05, 4.69) is 44.7 Å². The summed E-state index contributed by atoms with van der Waals surface area (Å²) < 4.78 is 10.7. The average Bonchev–Trinajstić information content (AvgIpc) is 3.17. The lowest BCUT2D eigenvalue weighted by molar-refractivity contribution is 0.355. The summed E-state index contributed by atoms with van der Waals surface area (Å²) in [6.07, 6.45) is 6.33. The summed E-state index contributed by atoms with van der Waals surface area (Å²) in [6, 6.07) is 14.1. The molecule has 4 aromatic rings. The van der Waals surface area contributed by atoms with Gasteiger partial charge in [-0.25, -0.2) is 4.98 Å². The van der Waals surface area contributed by atoms with Crippen molar-refractivity contribution in [1.82, 2.24) is 15.0 Å². The van der Waals surface area contributed by atoms with E-state index in [4.69, 9.17) is 9.47 Å². The topological polar surface area (TPSA) is 72.1 Å². The second kappa shape index (κ2) is 8.00. The molecule has 6 heteroatoms. The lowest BCUT2D eigenvalue weighted by Crippen LogP contribution is -2.08. The fourth-order valence-corrected chi connectivity index (χ4v) is 3.32. The van der Waals surface area contributed by atoms with Crippen LogP contribution in [0, 0.1) is 0 Å². The highest BCUT2D eigenvalue weighted by molar-refractivity contribution is 5.83. The minimum atomic E-state index is 0.662. The first kappa shape index (κ1) is 17.9. The van der Waals surface area contributed by atoms with Crippen LogP contribution in [0.3, 0.4) is 0 Å². The first-order valence-corrected chi connectivity index (χ1v) is 9.12. The molecule has 2 aromatic heterocycles. The maximum absolute atomic E-state index is 5.41. The standard InChI is InChI=1S/C22H22N4O2/c1-27-19-8-7-15(13-20(19)28-2)21-22(25-12-11-23-21)24-10-9-16-14-26-18-6-4-3-5-17(16)18/h3-8,11-14,26H,9-10H2,1-2H3,(H,24,25). The van der Waals surface area contributed by atoms with E-state index in [9.17, 15) is 0 Å². The van der Waals surface area contributed by atoms with Crippen molar-refractivity contribution in [2.75, 3.05) is 26.1 Å². The molecule has 0 aliphatic carbocycles. The van der Waals surface area contributed by atoms with Crippen molar-refractivity contribution in [1.29, 1.82) is 0 Å². The summed E-state index contributed by atoms with van der Waals surface area (Å²) in [5.74, 6) is 2.09. The molecule has 2 heterocycles. The van der Waals surface area contributed by atoms with E-state index in [1.54, 1.807) is 26.6 Å². The Hall–Kier alpha value is -3.54. The Bertz CT molecular complexity index is 1090. The Balaban J connectivity index is 1.53. The molecule has 0 saturated carbocycles. The number of ether oxygens (including phenoxy) is 2. The number of hydrogen-bond donors (Lipinski definition) is 2. The number of fused-ring (bicyclic) bond motifs is 1. The largest absolute Gasteiger partial charge is 0.493 e. The highest BCUT2D eigenvalue weighted by Gasteiger charge is 2.12. The molecule has 0 aliphatic heterocycles. The van der Waals surface area contributed by atoms with Gasteiger partial charge in [-0.1, -0.05) is 18.2 Å². The summed E-state index contributed by atoms with van der Waals surface area (Å²) in [5, 5.41) is 4.67. The highest BCUT2D eigenvalue weighted by Crippen LogP contribution is 2.33. The van der Waals surface area contributed by atoms with E-state index in [1.807, 2.05) is 24.3 Å². The molecule has 0 fully saturated rings. The molecular formula is C22H22N4O2. The SMILES string of the molecule is COc1ccc(-c2nccnc2NCCc2c[nH]c3ccccc23)cc1OC. The molecule has 6 nitrogen and oxygen atoms in total. The number of aromatic amines is 1. The van der Waals surface area contributed by atoms with Crippen LogP contribution in [-0.2, 0) is 6.42 Å². The third-order valence-corrected chi connectivity index (χ3v) is 4.72. The van der Waals surface area contributed by atoms with Gasteiger partial charge in [0, 0.05) is 41.6 Å². The quantitative estimate of drug-likeness (QED) is 0.505. The van der Waals surface area contributed by atoms with Crippen molar-refractivity contribution in [2.24, 2.45) is 0 Å². The number of aromatic nitrogens is 3. The second-order valence-electron chi connectivity index (χ2n) is 6.36. The van der Waals surface area contributed by atoms with Crippen molar-refractivity contribution in [3.05, 3.63) is 66.6 Å². The molecule has 0 saturated heterocycles. The number of rotatable bonds is 7. The summed E-state index contributed by atoms with van der Waals surface area (Å²) in [7, 11) is 3.25. The van der Waals surface area contributed by atoms with Crippen LogP contribution in [0.25, 0.3) is 22.2 Å². The van der Waals surface area contributed by atoms with Gasteiger partial charge in [0.2, 0.25) is 0 Å². The van der Waals surface area contributed by atoms with Gasteiger partial charge in [0.1, 0.15) is 5.69 Å². The van der Waals surface area contributed by atoms with Crippen molar-refractivity contribution in [3.8, 4) is 22.8 Å². The number of methoxy groups -OCH3 is 2. The molecule has 0 radical (unpaired) electrons. The number of benzene rings is 2. The molecule has 0 bridgehead atoms. The maximum Gasteiger partial charge on any atom is 0.161 e. The van der Waals surface area contributed by atoms with E-state index in [1.165, 1.54) is 10.9 Å². The lowest BCUT2D eigenvalue weighted by atomic mass is 10.1. The summed E-state index contributed by atoms with van der Waals surface area (Å²) in [5.41, 5.74) is 4.13. The van der Waals surface area contributed by atoms with Crippen molar-refractivity contribution >= 4 is 16.7 Å². The molecule has 2 aromatic carbocycles. The van der Waals surface area contributed by atoms with Gasteiger partial charge in [-0.05, 0) is 36.2 Å². The van der Waals surface area contributed by atoms with Crippen LogP contribution < -0.4 is 14.8 Å². The zero-order valence-electron chi connectivity index (χ0n) is 15.9. The fourth-order valence-electron chi connectivity index (χ4n) is 3.32. The van der Waals surface area contributed by atoms with Gasteiger partial charge in [0.25, 0.3) is 0 Å². The second-order valence-corrected chi connectivity index (χ2v) is 6.36. The smallest absolute Gasteiger partial charge is 0.161 e. The van der Waals surface area contributed by atoms with E-state index in [-0.39, 0.29) is 0 Å². The van der Waals surface area contributed by atoms with Crippen LogP contribution in [0.2, 0.25) is 0 Å². The van der Waals surface area contributed by atoms with Gasteiger partial charge in [-0.15, -0.1) is 0 Å². The van der Waals surface area contributed by atoms with Crippen LogP contribution in [0.5, 0.6) is 11.5 Å². The van der Waals surface area contributed by atoms with Gasteiger partial charge >= 0.3 is 0 Å². The molecular weight excluding hydrogens is 352 g/mol. The summed E-state index contributed by atoms with van der Waals surface area (Å²) >= 11 is 0. The van der Waals surface area contributed by atoms with Crippen molar-refractivity contribution in [2.45, 2.75) is 6.42 Å². The van der Waals surface area contributed by atoms with E-state index < -0.39 is 0 Å². The third-order valence-electron chi connectivity index (χ3n) is 4.72. The minimum absolute atomic E-state index is 0.662. The zero-order chi connectivity index (χ0) is 19.3. The van der Waals surface area contributed by atoms with Gasteiger partial charge in [0.05, 0.1) is 14.2 Å². The number of H-pyrrole nitrogens is 1. The molecule has 4 rings (SSSR count). The van der Waals surface area contributed by atoms with Crippen LogP contribution in [0.4, 0.5) is 5.82 Å². The Morgan fingerprint density at radius 3 is 2.64 bits per heavy atom. The molecule has 0 amide bonds. The predicted molar refractivity (Wildman–Crippen MR) is 111 cm³/mol. The molecule has 2 N–H and O–H groups in total. The van der Waals surface area contributed by atoms with E-state index in [0.29, 0.717) is 11.5 Å². The number of nitrogens with one attached hydrogen (secondary N) is 2. The van der Waals surface area contributed by atoms with Crippen molar-refractivity contribution in [3.63, 3.8) is 0 Å². The highest BCUT2D eigenvalue weighted by atomic mass is 16.5. The molecule has 0 spiro atoms. The molecule has 28 heavy (non-hydrogen) atoms. The molecule has 0 unspecified atom stereocenters. The lowest BCUT2D eigenvalue weighted by Gasteiger charge is -2.12. The monoisotopic (exact) mass is 374 g/mol. The van der Waals surface area contributed by atoms with Crippen LogP contribution in [0.1, 0.15) is 5.56 Å². The van der Waals surface area contributed by atoms with Crippen molar-refractivity contribution < 1.29 is 9.47 Å². The summed E-state index contributed by atoms with van der Waals surface area (Å²) in [4.78, 5) is 12.3. The zero-order valence-corrected chi connectivity index (χ0v) is 15.9. The number of para-hydroxylation sites is 1. The number of nitrogens with zero attached hydrogens (tertiary/aromatic N) is 2. The Morgan fingerprint density at radius 2 is 1.79 bits per heavy atom. The van der Waals surface area contributed by atoms with E-state index >= 15 is 0 Å². The predicted octanol–water partition coefficient (Wildman–Crippen LogP) is 4.30. The molecule has 0 aliphatic rings. The Morgan fingerprint density at radius 1 is 0.964 bits per heavy atom. The van der Waals surface area contributed by atoms with Gasteiger partial charge in [-0.3, -0.25) is 4.98 Å². The number of anilines is 1. The van der Waals surface area contributed by atoms with Crippen LogP contribution in [0.15, 0.2) is 61.1 Å². The minimum Gasteiger partial charge on any atom is -0.493 e. The van der Waals surface area contributed by atoms with Crippen LogP contribution >= 0.6 is 0 Å². The van der Waals surface area contributed by atoms with E-state index in [0.717, 1.165) is 35.6 Å². The molecule has 142 valence electrons. The number of hydrogen-bond acceptors (Lipinski definition) is 5. The Labute approximate surface area is 163 Å².